The monoisotopic (exact) mass is 267 g/mol. The smallest absolute Gasteiger partial charge is 0.0223 e. The van der Waals surface area contributed by atoms with E-state index in [1.54, 1.807) is 0 Å². The molecule has 2 rings (SSSR count). The summed E-state index contributed by atoms with van der Waals surface area (Å²) in [5.41, 5.74) is 0.429. The lowest BCUT2D eigenvalue weighted by Gasteiger charge is -2.36. The van der Waals surface area contributed by atoms with Gasteiger partial charge < -0.3 is 10.2 Å². The second kappa shape index (κ2) is 6.55. The molecular weight excluding hydrogens is 234 g/mol. The molecule has 2 saturated heterocycles. The molecule has 3 atom stereocenters. The topological polar surface area (TPSA) is 18.5 Å². The second-order valence-corrected chi connectivity index (χ2v) is 7.02. The molecule has 2 bridgehead atoms. The van der Waals surface area contributed by atoms with Crippen molar-refractivity contribution in [3.8, 4) is 0 Å². The van der Waals surface area contributed by atoms with Crippen molar-refractivity contribution in [3.05, 3.63) is 0 Å². The summed E-state index contributed by atoms with van der Waals surface area (Å²) in [7, 11) is 2.34. The first kappa shape index (κ1) is 15.3. The highest BCUT2D eigenvalue weighted by Crippen LogP contribution is 2.30. The quantitative estimate of drug-likeness (QED) is 0.796. The molecule has 0 aliphatic carbocycles. The highest BCUT2D eigenvalue weighted by molar-refractivity contribution is 4.92. The number of nitrogens with one attached hydrogen (secondary N) is 1. The molecule has 3 nitrogen and oxygen atoms in total. The van der Waals surface area contributed by atoms with Crippen LogP contribution >= 0.6 is 0 Å². The van der Waals surface area contributed by atoms with E-state index in [1.807, 2.05) is 0 Å². The van der Waals surface area contributed by atoms with Crippen LogP contribution in [0, 0.1) is 5.41 Å². The van der Waals surface area contributed by atoms with Gasteiger partial charge in [-0.05, 0) is 51.2 Å². The van der Waals surface area contributed by atoms with Crippen LogP contribution in [-0.2, 0) is 0 Å². The lowest BCUT2D eigenvalue weighted by atomic mass is 9.86. The molecule has 0 radical (unpaired) electrons. The molecular formula is C16H33N3. The van der Waals surface area contributed by atoms with Gasteiger partial charge in [-0.1, -0.05) is 20.8 Å². The van der Waals surface area contributed by atoms with Gasteiger partial charge in [-0.15, -0.1) is 0 Å². The zero-order chi connectivity index (χ0) is 13.9. The molecule has 112 valence electrons. The molecule has 1 N–H and O–H groups in total. The Bertz CT molecular complexity index is 281. The summed E-state index contributed by atoms with van der Waals surface area (Å²) < 4.78 is 0. The van der Waals surface area contributed by atoms with Crippen LogP contribution in [0.15, 0.2) is 0 Å². The van der Waals surface area contributed by atoms with Crippen molar-refractivity contribution in [2.24, 2.45) is 5.41 Å². The van der Waals surface area contributed by atoms with Crippen molar-refractivity contribution in [3.63, 3.8) is 0 Å². The maximum Gasteiger partial charge on any atom is 0.0223 e. The first-order chi connectivity index (χ1) is 9.08. The van der Waals surface area contributed by atoms with Crippen molar-refractivity contribution in [1.82, 2.24) is 15.1 Å². The van der Waals surface area contributed by atoms with Gasteiger partial charge in [0, 0.05) is 31.7 Å². The molecule has 0 amide bonds. The molecule has 0 spiro atoms. The largest absolute Gasteiger partial charge is 0.316 e. The number of nitrogens with zero attached hydrogens (tertiary/aromatic N) is 2. The highest BCUT2D eigenvalue weighted by Gasteiger charge is 2.36. The van der Waals surface area contributed by atoms with Gasteiger partial charge in [-0.3, -0.25) is 4.90 Å². The normalized spacial score (nSPS) is 32.2. The van der Waals surface area contributed by atoms with E-state index in [-0.39, 0.29) is 0 Å². The number of likely N-dealkylation sites (tertiary alicyclic amines) is 1. The Morgan fingerprint density at radius 2 is 1.89 bits per heavy atom. The number of likely N-dealkylation sites (N-methyl/N-ethyl adjacent to an activating group) is 1. The van der Waals surface area contributed by atoms with Crippen LogP contribution in [0.3, 0.4) is 0 Å². The number of hydrogen-bond acceptors (Lipinski definition) is 3. The summed E-state index contributed by atoms with van der Waals surface area (Å²) in [6.07, 6.45) is 5.47. The number of rotatable bonds is 6. The van der Waals surface area contributed by atoms with E-state index in [9.17, 15) is 0 Å². The Labute approximate surface area is 119 Å². The lowest BCUT2D eigenvalue weighted by molar-refractivity contribution is 0.142. The number of hydrogen-bond donors (Lipinski definition) is 1. The lowest BCUT2D eigenvalue weighted by Crippen LogP contribution is -2.45. The van der Waals surface area contributed by atoms with Gasteiger partial charge in [-0.2, -0.15) is 0 Å². The van der Waals surface area contributed by atoms with Crippen molar-refractivity contribution >= 4 is 0 Å². The molecule has 2 heterocycles. The fourth-order valence-corrected chi connectivity index (χ4v) is 3.78. The van der Waals surface area contributed by atoms with Crippen LogP contribution in [-0.4, -0.2) is 61.7 Å². The molecule has 0 aromatic rings. The van der Waals surface area contributed by atoms with Crippen LogP contribution in [0.5, 0.6) is 0 Å². The summed E-state index contributed by atoms with van der Waals surface area (Å²) in [6.45, 7) is 13.1. The minimum atomic E-state index is 0.429. The molecule has 0 aromatic carbocycles. The third-order valence-corrected chi connectivity index (χ3v) is 5.49. The SMILES string of the molecule is CCNCC(C)(CC)CN1CCC2CCC(C1)N2C. The van der Waals surface area contributed by atoms with E-state index < -0.39 is 0 Å². The molecule has 3 heteroatoms. The van der Waals surface area contributed by atoms with Crippen LogP contribution < -0.4 is 5.32 Å². The first-order valence-electron chi connectivity index (χ1n) is 8.23. The summed E-state index contributed by atoms with van der Waals surface area (Å²) in [5.74, 6) is 0. The van der Waals surface area contributed by atoms with Crippen LogP contribution in [0.2, 0.25) is 0 Å². The molecule has 2 aliphatic rings. The third-order valence-electron chi connectivity index (χ3n) is 5.49. The van der Waals surface area contributed by atoms with E-state index in [0.29, 0.717) is 5.41 Å². The predicted octanol–water partition coefficient (Wildman–Crippen LogP) is 2.18. The standard InChI is InChI=1S/C16H33N3/c1-5-16(3,12-17-6-2)13-19-10-9-14-7-8-15(11-19)18(14)4/h14-15,17H,5-13H2,1-4H3. The molecule has 0 saturated carbocycles. The minimum Gasteiger partial charge on any atom is -0.316 e. The molecule has 3 unspecified atom stereocenters. The zero-order valence-electron chi connectivity index (χ0n) is 13.4. The van der Waals surface area contributed by atoms with Crippen molar-refractivity contribution in [2.75, 3.05) is 39.8 Å². The average molecular weight is 267 g/mol. The summed E-state index contributed by atoms with van der Waals surface area (Å²) >= 11 is 0. The van der Waals surface area contributed by atoms with Crippen molar-refractivity contribution in [1.29, 1.82) is 0 Å². The minimum absolute atomic E-state index is 0.429. The molecule has 2 aliphatic heterocycles. The Balaban J connectivity index is 1.91. The fraction of sp³-hybridized carbons (Fsp3) is 1.00. The van der Waals surface area contributed by atoms with E-state index in [1.165, 1.54) is 45.3 Å². The van der Waals surface area contributed by atoms with E-state index in [4.69, 9.17) is 0 Å². The van der Waals surface area contributed by atoms with E-state index in [2.05, 4.69) is 42.9 Å². The van der Waals surface area contributed by atoms with Gasteiger partial charge in [0.25, 0.3) is 0 Å². The summed E-state index contributed by atoms with van der Waals surface area (Å²) in [5, 5.41) is 3.55. The van der Waals surface area contributed by atoms with Crippen molar-refractivity contribution < 1.29 is 0 Å². The van der Waals surface area contributed by atoms with Crippen molar-refractivity contribution in [2.45, 2.75) is 58.5 Å². The Kier molecular flexibility index (Phi) is 5.27. The maximum absolute atomic E-state index is 3.55. The predicted molar refractivity (Wildman–Crippen MR) is 82.6 cm³/mol. The zero-order valence-corrected chi connectivity index (χ0v) is 13.4. The fourth-order valence-electron chi connectivity index (χ4n) is 3.78. The molecule has 19 heavy (non-hydrogen) atoms. The average Bonchev–Trinajstić information content (AvgIpc) is 2.65. The Morgan fingerprint density at radius 1 is 1.16 bits per heavy atom. The van der Waals surface area contributed by atoms with Crippen LogP contribution in [0.1, 0.15) is 46.5 Å². The summed E-state index contributed by atoms with van der Waals surface area (Å²) in [6, 6.07) is 1.67. The second-order valence-electron chi connectivity index (χ2n) is 7.02. The Hall–Kier alpha value is -0.120. The third kappa shape index (κ3) is 3.71. The van der Waals surface area contributed by atoms with Gasteiger partial charge in [0.1, 0.15) is 0 Å². The highest BCUT2D eigenvalue weighted by atomic mass is 15.3. The molecule has 0 aromatic heterocycles. The number of fused-ring (bicyclic) bond motifs is 2. The Morgan fingerprint density at radius 3 is 2.58 bits per heavy atom. The van der Waals surface area contributed by atoms with Crippen LogP contribution in [0.4, 0.5) is 0 Å². The van der Waals surface area contributed by atoms with E-state index in [0.717, 1.165) is 25.2 Å². The molecule has 2 fully saturated rings. The van der Waals surface area contributed by atoms with Gasteiger partial charge in [0.15, 0.2) is 0 Å². The maximum atomic E-state index is 3.55. The van der Waals surface area contributed by atoms with E-state index >= 15 is 0 Å². The van der Waals surface area contributed by atoms with Gasteiger partial charge in [-0.25, -0.2) is 0 Å². The van der Waals surface area contributed by atoms with Gasteiger partial charge in [0.05, 0.1) is 0 Å². The summed E-state index contributed by atoms with van der Waals surface area (Å²) in [4.78, 5) is 5.38. The van der Waals surface area contributed by atoms with Gasteiger partial charge in [0.2, 0.25) is 0 Å². The van der Waals surface area contributed by atoms with Gasteiger partial charge >= 0.3 is 0 Å². The van der Waals surface area contributed by atoms with Crippen LogP contribution in [0.25, 0.3) is 0 Å². The first-order valence-corrected chi connectivity index (χ1v) is 8.23.